The van der Waals surface area contributed by atoms with Crippen molar-refractivity contribution in [1.82, 2.24) is 13.7 Å². The number of aromatic nitrogens is 3. The van der Waals surface area contributed by atoms with Crippen molar-refractivity contribution in [3.63, 3.8) is 0 Å². The molecule has 0 atom stereocenters. The molecule has 0 bridgehead atoms. The lowest BCUT2D eigenvalue weighted by Gasteiger charge is -2.13. The Hall–Kier alpha value is -10.0. The van der Waals surface area contributed by atoms with Gasteiger partial charge < -0.3 is 13.7 Å². The minimum atomic E-state index is 1.13. The van der Waals surface area contributed by atoms with Crippen LogP contribution in [0, 0.1) is 6.92 Å². The van der Waals surface area contributed by atoms with Gasteiger partial charge in [0.1, 0.15) is 0 Å². The Kier molecular flexibility index (Phi) is 10.3. The van der Waals surface area contributed by atoms with E-state index in [0.29, 0.717) is 0 Å². The molecule has 0 fully saturated rings. The molecule has 0 aliphatic rings. The molecule has 13 aromatic carbocycles. The van der Waals surface area contributed by atoms with Crippen molar-refractivity contribution in [3.05, 3.63) is 285 Å². The van der Waals surface area contributed by atoms with Crippen LogP contribution < -0.4 is 0 Å². The van der Waals surface area contributed by atoms with Gasteiger partial charge in [0.2, 0.25) is 0 Å². The summed E-state index contributed by atoms with van der Waals surface area (Å²) in [5.41, 5.74) is 16.9. The van der Waals surface area contributed by atoms with Gasteiger partial charge in [-0.25, -0.2) is 0 Å². The van der Waals surface area contributed by atoms with Crippen molar-refractivity contribution >= 4 is 118 Å². The largest absolute Gasteiger partial charge is 0.309 e. The predicted molar refractivity (Wildman–Crippen MR) is 339 cm³/mol. The number of thiophene rings is 1. The maximum atomic E-state index is 2.49. The summed E-state index contributed by atoms with van der Waals surface area (Å²) in [6, 6.07) is 103. The molecule has 3 nitrogen and oxygen atoms in total. The van der Waals surface area contributed by atoms with E-state index >= 15 is 0 Å². The van der Waals surface area contributed by atoms with Crippen molar-refractivity contribution in [2.24, 2.45) is 0 Å². The molecule has 0 radical (unpaired) electrons. The Balaban J connectivity index is 0.000000693. The lowest BCUT2D eigenvalue weighted by atomic mass is 9.94. The average Bonchev–Trinajstić information content (AvgIpc) is 4.16. The zero-order valence-electron chi connectivity index (χ0n) is 43.3. The molecule has 4 heterocycles. The number of para-hydroxylation sites is 5. The summed E-state index contributed by atoms with van der Waals surface area (Å²) >= 11 is 1.91. The van der Waals surface area contributed by atoms with Crippen LogP contribution in [0.3, 0.4) is 0 Å². The summed E-state index contributed by atoms with van der Waals surface area (Å²) in [6.07, 6.45) is 0. The standard InChI is InChI=1S/C68H41N3S.C7H8/c1-2-15-47(16-3-1)71-63-25-13-9-21-55(63)58-41-56(66-59-39-44(30-37-65(59)72-68(66)67(58)71)43-28-35-51-45(38-43)27-26-42-14-4-5-17-50(42)51)46-29-36-64-57(40-46)54-20-8-12-24-62(54)70(64)49-33-31-48(32-34-49)69-60-22-10-6-18-52(60)53-19-7-11-23-61(53)69;1-7-5-3-2-4-6-7/h1-41H;2-6H,1H3. The van der Waals surface area contributed by atoms with Crippen LogP contribution in [0.15, 0.2) is 279 Å². The number of hydrogen-bond donors (Lipinski definition) is 0. The van der Waals surface area contributed by atoms with Crippen molar-refractivity contribution < 1.29 is 0 Å². The maximum absolute atomic E-state index is 2.49. The Morgan fingerprint density at radius 1 is 0.278 bits per heavy atom. The van der Waals surface area contributed by atoms with E-state index in [9.17, 15) is 0 Å². The molecule has 0 N–H and O–H groups in total. The first kappa shape index (κ1) is 45.2. The fraction of sp³-hybridized carbons (Fsp3) is 0.0133. The zero-order valence-corrected chi connectivity index (χ0v) is 44.1. The van der Waals surface area contributed by atoms with Gasteiger partial charge in [-0.2, -0.15) is 0 Å². The van der Waals surface area contributed by atoms with Gasteiger partial charge in [0.25, 0.3) is 0 Å². The molecule has 370 valence electrons. The molecule has 0 saturated carbocycles. The highest BCUT2D eigenvalue weighted by atomic mass is 32.1. The average molecular weight is 1020 g/mol. The molecule has 0 unspecified atom stereocenters. The number of benzene rings is 13. The molecule has 0 aliphatic carbocycles. The third kappa shape index (κ3) is 7.19. The van der Waals surface area contributed by atoms with Gasteiger partial charge in [0, 0.05) is 64.9 Å². The van der Waals surface area contributed by atoms with Crippen molar-refractivity contribution in [2.75, 3.05) is 0 Å². The topological polar surface area (TPSA) is 14.8 Å². The maximum Gasteiger partial charge on any atom is 0.0720 e. The van der Waals surface area contributed by atoms with Gasteiger partial charge >= 0.3 is 0 Å². The fourth-order valence-corrected chi connectivity index (χ4v) is 14.0. The van der Waals surface area contributed by atoms with E-state index in [2.05, 4.69) is 281 Å². The van der Waals surface area contributed by atoms with Gasteiger partial charge in [-0.1, -0.05) is 188 Å². The first-order chi connectivity index (χ1) is 39.1. The van der Waals surface area contributed by atoms with Crippen LogP contribution in [0.4, 0.5) is 0 Å². The Morgan fingerprint density at radius 2 is 0.734 bits per heavy atom. The Morgan fingerprint density at radius 3 is 1.37 bits per heavy atom. The molecular weight excluding hydrogens is 975 g/mol. The van der Waals surface area contributed by atoms with Crippen molar-refractivity contribution in [2.45, 2.75) is 6.92 Å². The summed E-state index contributed by atoms with van der Waals surface area (Å²) in [6.45, 7) is 2.08. The third-order valence-corrected chi connectivity index (χ3v) is 17.5. The predicted octanol–water partition coefficient (Wildman–Crippen LogP) is 21.0. The van der Waals surface area contributed by atoms with Crippen LogP contribution >= 0.6 is 11.3 Å². The summed E-state index contributed by atoms with van der Waals surface area (Å²) in [7, 11) is 0. The third-order valence-electron chi connectivity index (χ3n) is 16.3. The molecule has 17 rings (SSSR count). The summed E-state index contributed by atoms with van der Waals surface area (Å²) in [4.78, 5) is 0. The number of hydrogen-bond acceptors (Lipinski definition) is 1. The number of fused-ring (bicyclic) bond motifs is 16. The number of rotatable bonds is 5. The van der Waals surface area contributed by atoms with E-state index in [1.165, 1.54) is 135 Å². The molecule has 4 heteroatoms. The highest BCUT2D eigenvalue weighted by molar-refractivity contribution is 7.26. The van der Waals surface area contributed by atoms with E-state index in [1.807, 2.05) is 29.5 Å². The van der Waals surface area contributed by atoms with Gasteiger partial charge in [0.05, 0.1) is 37.8 Å². The molecule has 0 amide bonds. The molecule has 0 spiro atoms. The van der Waals surface area contributed by atoms with Crippen LogP contribution in [0.1, 0.15) is 5.56 Å². The van der Waals surface area contributed by atoms with E-state index in [4.69, 9.17) is 0 Å². The number of aryl methyl sites for hydroxylation is 1. The van der Waals surface area contributed by atoms with E-state index in [-0.39, 0.29) is 0 Å². The van der Waals surface area contributed by atoms with Crippen molar-refractivity contribution in [1.29, 1.82) is 0 Å². The normalized spacial score (nSPS) is 11.9. The second kappa shape index (κ2) is 18.1. The fourth-order valence-electron chi connectivity index (χ4n) is 12.7. The molecule has 0 saturated heterocycles. The van der Waals surface area contributed by atoms with Gasteiger partial charge in [-0.05, 0) is 148 Å². The van der Waals surface area contributed by atoms with Gasteiger partial charge in [-0.3, -0.25) is 0 Å². The zero-order chi connectivity index (χ0) is 52.1. The second-order valence-corrected chi connectivity index (χ2v) is 21.9. The van der Waals surface area contributed by atoms with Crippen LogP contribution in [0.2, 0.25) is 0 Å². The van der Waals surface area contributed by atoms with E-state index < -0.39 is 0 Å². The summed E-state index contributed by atoms with van der Waals surface area (Å²) in [5.74, 6) is 0. The van der Waals surface area contributed by atoms with Crippen molar-refractivity contribution in [3.8, 4) is 39.3 Å². The monoisotopic (exact) mass is 1020 g/mol. The quantitative estimate of drug-likeness (QED) is 0.153. The highest BCUT2D eigenvalue weighted by Gasteiger charge is 2.23. The van der Waals surface area contributed by atoms with Crippen LogP contribution in [0.25, 0.3) is 146 Å². The minimum absolute atomic E-state index is 1.13. The Labute approximate surface area is 460 Å². The smallest absolute Gasteiger partial charge is 0.0720 e. The first-order valence-electron chi connectivity index (χ1n) is 27.2. The van der Waals surface area contributed by atoms with Gasteiger partial charge in [-0.15, -0.1) is 11.3 Å². The lowest BCUT2D eigenvalue weighted by Crippen LogP contribution is -1.97. The van der Waals surface area contributed by atoms with E-state index in [0.717, 1.165) is 17.1 Å². The SMILES string of the molecule is Cc1ccccc1.c1ccc(-n2c3ccccc3c3cc(-c4ccc5c(c4)c4ccccc4n5-c4ccc(-n5c6ccccc6c6ccccc65)cc4)c4c5cc(-c6ccc7c(ccc8ccccc87)c6)ccc5sc4c32)cc1. The molecule has 17 aromatic rings. The van der Waals surface area contributed by atoms with Crippen LogP contribution in [0.5, 0.6) is 0 Å². The van der Waals surface area contributed by atoms with Gasteiger partial charge in [0.15, 0.2) is 0 Å². The molecule has 0 aliphatic heterocycles. The first-order valence-corrected chi connectivity index (χ1v) is 28.0. The number of nitrogens with zero attached hydrogens (tertiary/aromatic N) is 3. The van der Waals surface area contributed by atoms with Crippen LogP contribution in [-0.4, -0.2) is 13.7 Å². The molecule has 4 aromatic heterocycles. The Bertz CT molecular complexity index is 5200. The highest BCUT2D eigenvalue weighted by Crippen LogP contribution is 2.49. The summed E-state index contributed by atoms with van der Waals surface area (Å²) < 4.78 is 9.90. The lowest BCUT2D eigenvalue weighted by molar-refractivity contribution is 1.14. The summed E-state index contributed by atoms with van der Waals surface area (Å²) in [5, 5.41) is 15.2. The second-order valence-electron chi connectivity index (χ2n) is 20.9. The van der Waals surface area contributed by atoms with Crippen LogP contribution in [-0.2, 0) is 0 Å². The van der Waals surface area contributed by atoms with E-state index in [1.54, 1.807) is 0 Å². The molecular formula is C75H49N3S. The minimum Gasteiger partial charge on any atom is -0.309 e. The molecule has 79 heavy (non-hydrogen) atoms.